The fraction of sp³-hybridized carbons (Fsp3) is 0.583. The molecule has 136 valence electrons. The summed E-state index contributed by atoms with van der Waals surface area (Å²) in [5.41, 5.74) is 1.53. The van der Waals surface area contributed by atoms with Gasteiger partial charge >= 0.3 is 0 Å². The second-order valence-corrected chi connectivity index (χ2v) is 7.99. The molecular weight excluding hydrogens is 304 g/mol. The van der Waals surface area contributed by atoms with E-state index in [2.05, 4.69) is 50.2 Å². The van der Waals surface area contributed by atoms with Gasteiger partial charge in [0, 0.05) is 0 Å². The largest absolute Gasteiger partial charge is 0.494 e. The molecule has 1 aliphatic rings. The van der Waals surface area contributed by atoms with E-state index in [0.717, 1.165) is 30.6 Å². The minimum absolute atomic E-state index is 0.764. The molecule has 0 heterocycles. The molecule has 1 aliphatic carbocycles. The third kappa shape index (κ3) is 5.23. The molecule has 0 saturated heterocycles. The van der Waals surface area contributed by atoms with Crippen molar-refractivity contribution >= 4 is 10.8 Å². The number of hydrogen-bond donors (Lipinski definition) is 0. The minimum atomic E-state index is 0.764. The maximum atomic E-state index is 5.95. The molecule has 0 bridgehead atoms. The Morgan fingerprint density at radius 3 is 2.36 bits per heavy atom. The van der Waals surface area contributed by atoms with Crippen molar-refractivity contribution in [3.05, 3.63) is 42.0 Å². The molecule has 0 amide bonds. The van der Waals surface area contributed by atoms with E-state index in [9.17, 15) is 0 Å². The van der Waals surface area contributed by atoms with Crippen LogP contribution in [0.3, 0.4) is 0 Å². The Bertz CT molecular complexity index is 652. The van der Waals surface area contributed by atoms with Crippen molar-refractivity contribution in [3.63, 3.8) is 0 Å². The molecule has 2 aromatic carbocycles. The van der Waals surface area contributed by atoms with Gasteiger partial charge in [0.2, 0.25) is 0 Å². The Labute approximate surface area is 153 Å². The second kappa shape index (κ2) is 9.27. The van der Waals surface area contributed by atoms with Crippen molar-refractivity contribution in [1.29, 1.82) is 0 Å². The summed E-state index contributed by atoms with van der Waals surface area (Å²) in [5, 5.41) is 2.66. The van der Waals surface area contributed by atoms with Crippen LogP contribution in [0.25, 0.3) is 10.8 Å². The molecule has 0 aromatic heterocycles. The summed E-state index contributed by atoms with van der Waals surface area (Å²) in [6.07, 6.45) is 11.9. The van der Waals surface area contributed by atoms with E-state index in [-0.39, 0.29) is 0 Å². The Hall–Kier alpha value is -1.50. The molecule has 1 saturated carbocycles. The smallest absolute Gasteiger partial charge is 0.119 e. The molecule has 0 spiro atoms. The molecule has 25 heavy (non-hydrogen) atoms. The second-order valence-electron chi connectivity index (χ2n) is 7.99. The van der Waals surface area contributed by atoms with Crippen molar-refractivity contribution in [2.24, 2.45) is 5.92 Å². The average molecular weight is 339 g/mol. The summed E-state index contributed by atoms with van der Waals surface area (Å²) in [7, 11) is 0. The number of rotatable bonds is 8. The number of fused-ring (bicyclic) bond motifs is 1. The van der Waals surface area contributed by atoms with E-state index in [4.69, 9.17) is 4.74 Å². The lowest BCUT2D eigenvalue weighted by Crippen LogP contribution is -2.10. The van der Waals surface area contributed by atoms with Gasteiger partial charge < -0.3 is 4.74 Å². The van der Waals surface area contributed by atoms with Gasteiger partial charge in [-0.3, -0.25) is 0 Å². The van der Waals surface area contributed by atoms with Gasteiger partial charge in [-0.25, -0.2) is 0 Å². The lowest BCUT2D eigenvalue weighted by molar-refractivity contribution is 0.305. The zero-order valence-electron chi connectivity index (χ0n) is 16.1. The molecule has 0 unspecified atom stereocenters. The van der Waals surface area contributed by atoms with Crippen molar-refractivity contribution in [1.82, 2.24) is 0 Å². The first-order valence-corrected chi connectivity index (χ1v) is 10.4. The third-order valence-corrected chi connectivity index (χ3v) is 5.84. The highest BCUT2D eigenvalue weighted by atomic mass is 16.5. The zero-order chi connectivity index (χ0) is 17.5. The molecular formula is C24H34O. The highest BCUT2D eigenvalue weighted by Crippen LogP contribution is 2.36. The van der Waals surface area contributed by atoms with Crippen molar-refractivity contribution in [2.75, 3.05) is 6.61 Å². The molecule has 0 radical (unpaired) electrons. The first kappa shape index (κ1) is 18.3. The predicted octanol–water partition coefficient (Wildman–Crippen LogP) is 7.48. The lowest BCUT2D eigenvalue weighted by Gasteiger charge is -2.26. The number of benzene rings is 2. The molecule has 1 heteroatoms. The van der Waals surface area contributed by atoms with Gasteiger partial charge in [-0.05, 0) is 59.6 Å². The zero-order valence-corrected chi connectivity index (χ0v) is 16.1. The van der Waals surface area contributed by atoms with Gasteiger partial charge in [0.15, 0.2) is 0 Å². The van der Waals surface area contributed by atoms with Crippen LogP contribution in [0, 0.1) is 5.92 Å². The molecule has 2 aromatic rings. The maximum absolute atomic E-state index is 5.95. The van der Waals surface area contributed by atoms with Gasteiger partial charge in [0.1, 0.15) is 5.75 Å². The van der Waals surface area contributed by atoms with Crippen LogP contribution < -0.4 is 4.74 Å². The van der Waals surface area contributed by atoms with Gasteiger partial charge in [-0.2, -0.15) is 0 Å². The Balaban J connectivity index is 1.57. The quantitative estimate of drug-likeness (QED) is 0.453. The maximum Gasteiger partial charge on any atom is 0.119 e. The monoisotopic (exact) mass is 338 g/mol. The highest BCUT2D eigenvalue weighted by Gasteiger charge is 2.19. The molecule has 1 fully saturated rings. The van der Waals surface area contributed by atoms with Crippen LogP contribution >= 0.6 is 0 Å². The number of unbranched alkanes of at least 4 members (excludes halogenated alkanes) is 4. The SMILES string of the molecule is CCCCCCCOc1ccc2cc([C@H]3CC[C@H](C)CC3)ccc2c1. The number of hydrogen-bond acceptors (Lipinski definition) is 1. The van der Waals surface area contributed by atoms with Crippen LogP contribution in [0.2, 0.25) is 0 Å². The van der Waals surface area contributed by atoms with Crippen molar-refractivity contribution in [2.45, 2.75) is 77.6 Å². The van der Waals surface area contributed by atoms with Crippen LogP contribution in [-0.4, -0.2) is 6.61 Å². The third-order valence-electron chi connectivity index (χ3n) is 5.84. The Kier molecular flexibility index (Phi) is 6.78. The van der Waals surface area contributed by atoms with Crippen LogP contribution in [0.4, 0.5) is 0 Å². The van der Waals surface area contributed by atoms with E-state index in [1.54, 1.807) is 0 Å². The highest BCUT2D eigenvalue weighted by molar-refractivity contribution is 5.84. The molecule has 0 atom stereocenters. The fourth-order valence-electron chi connectivity index (χ4n) is 4.08. The van der Waals surface area contributed by atoms with Crippen LogP contribution in [0.15, 0.2) is 36.4 Å². The van der Waals surface area contributed by atoms with Crippen molar-refractivity contribution < 1.29 is 4.74 Å². The lowest BCUT2D eigenvalue weighted by atomic mass is 9.79. The summed E-state index contributed by atoms with van der Waals surface area (Å²) < 4.78 is 5.95. The van der Waals surface area contributed by atoms with E-state index >= 15 is 0 Å². The van der Waals surface area contributed by atoms with E-state index in [1.165, 1.54) is 67.7 Å². The molecule has 0 aliphatic heterocycles. The predicted molar refractivity (Wildman–Crippen MR) is 109 cm³/mol. The van der Waals surface area contributed by atoms with Crippen LogP contribution in [-0.2, 0) is 0 Å². The topological polar surface area (TPSA) is 9.23 Å². The summed E-state index contributed by atoms with van der Waals surface area (Å²) in [6, 6.07) is 13.6. The van der Waals surface area contributed by atoms with E-state index in [1.807, 2.05) is 0 Å². The van der Waals surface area contributed by atoms with Crippen LogP contribution in [0.1, 0.15) is 83.1 Å². The average Bonchev–Trinajstić information content (AvgIpc) is 2.65. The fourth-order valence-corrected chi connectivity index (χ4v) is 4.08. The minimum Gasteiger partial charge on any atom is -0.494 e. The Morgan fingerprint density at radius 1 is 0.840 bits per heavy atom. The molecule has 0 N–H and O–H groups in total. The van der Waals surface area contributed by atoms with Gasteiger partial charge in [-0.15, -0.1) is 0 Å². The summed E-state index contributed by atoms with van der Waals surface area (Å²) >= 11 is 0. The first-order chi connectivity index (χ1) is 12.3. The van der Waals surface area contributed by atoms with Gasteiger partial charge in [0.25, 0.3) is 0 Å². The Morgan fingerprint density at radius 2 is 1.56 bits per heavy atom. The summed E-state index contributed by atoms with van der Waals surface area (Å²) in [4.78, 5) is 0. The molecule has 1 nitrogen and oxygen atoms in total. The van der Waals surface area contributed by atoms with Gasteiger partial charge in [-0.1, -0.05) is 76.6 Å². The van der Waals surface area contributed by atoms with E-state index < -0.39 is 0 Å². The standard InChI is InChI=1S/C24H34O/c1-3-4-5-6-7-16-25-24-15-14-22-17-21(12-13-23(22)18-24)20-10-8-19(2)9-11-20/h12-15,17-20H,3-11,16H2,1-2H3/t19-,20-. The number of ether oxygens (including phenoxy) is 1. The van der Waals surface area contributed by atoms with E-state index in [0.29, 0.717) is 0 Å². The van der Waals surface area contributed by atoms with Crippen molar-refractivity contribution in [3.8, 4) is 5.75 Å². The normalized spacial score (nSPS) is 20.7. The van der Waals surface area contributed by atoms with Gasteiger partial charge in [0.05, 0.1) is 6.61 Å². The van der Waals surface area contributed by atoms with Crippen LogP contribution in [0.5, 0.6) is 5.75 Å². The summed E-state index contributed by atoms with van der Waals surface area (Å²) in [6.45, 7) is 5.49. The molecule has 3 rings (SSSR count). The summed E-state index contributed by atoms with van der Waals surface area (Å²) in [5.74, 6) is 2.69. The first-order valence-electron chi connectivity index (χ1n) is 10.4.